The molecule has 0 amide bonds. The molecule has 5 nitrogen and oxygen atoms in total. The molecular weight excluding hydrogens is 392 g/mol. The Morgan fingerprint density at radius 2 is 1.87 bits per heavy atom. The highest BCUT2D eigenvalue weighted by Gasteiger charge is 2.17. The van der Waals surface area contributed by atoms with E-state index in [1.54, 1.807) is 11.3 Å². The molecule has 0 saturated heterocycles. The van der Waals surface area contributed by atoms with Gasteiger partial charge in [-0.1, -0.05) is 48.5 Å². The molecule has 30 heavy (non-hydrogen) atoms. The number of fused-ring (bicyclic) bond motifs is 1. The largest absolute Gasteiger partial charge is 0.454 e. The van der Waals surface area contributed by atoms with E-state index in [1.165, 1.54) is 5.56 Å². The van der Waals surface area contributed by atoms with Crippen LogP contribution in [0, 0.1) is 0 Å². The minimum absolute atomic E-state index is 0.726. The number of benzene rings is 2. The summed E-state index contributed by atoms with van der Waals surface area (Å²) in [5, 5.41) is 9.12. The van der Waals surface area contributed by atoms with Gasteiger partial charge in [0.15, 0.2) is 5.76 Å². The van der Waals surface area contributed by atoms with Gasteiger partial charge in [-0.2, -0.15) is 5.10 Å². The molecule has 0 spiro atoms. The van der Waals surface area contributed by atoms with Crippen molar-refractivity contribution >= 4 is 22.3 Å². The summed E-state index contributed by atoms with van der Waals surface area (Å²) >= 11 is 1.68. The van der Waals surface area contributed by atoms with E-state index in [-0.39, 0.29) is 0 Å². The molecule has 2 aromatic carbocycles. The molecule has 0 aliphatic carbocycles. The Hall–Kier alpha value is -3.22. The first-order chi connectivity index (χ1) is 14.7. The fourth-order valence-electron chi connectivity index (χ4n) is 3.64. The van der Waals surface area contributed by atoms with E-state index in [0.717, 1.165) is 52.6 Å². The lowest BCUT2D eigenvalue weighted by Gasteiger charge is -2.14. The molecule has 3 aromatic heterocycles. The van der Waals surface area contributed by atoms with E-state index in [0.29, 0.717) is 0 Å². The number of hydrogen-bond acceptors (Lipinski definition) is 5. The van der Waals surface area contributed by atoms with Crippen molar-refractivity contribution in [2.75, 3.05) is 7.05 Å². The molecule has 5 rings (SSSR count). The molecule has 0 saturated carbocycles. The molecule has 5 aromatic rings. The highest BCUT2D eigenvalue weighted by atomic mass is 32.1. The fourth-order valence-corrected chi connectivity index (χ4v) is 4.34. The van der Waals surface area contributed by atoms with Gasteiger partial charge in [0.25, 0.3) is 0 Å². The van der Waals surface area contributed by atoms with Crippen LogP contribution in [0.1, 0.15) is 16.1 Å². The van der Waals surface area contributed by atoms with Crippen molar-refractivity contribution in [1.29, 1.82) is 0 Å². The molecule has 0 unspecified atom stereocenters. The Balaban J connectivity index is 1.48. The Bertz CT molecular complexity index is 1210. The summed E-state index contributed by atoms with van der Waals surface area (Å²) in [6.07, 6.45) is 3.99. The Kier molecular flexibility index (Phi) is 5.17. The number of rotatable bonds is 7. The molecule has 0 bridgehead atoms. The second-order valence-electron chi connectivity index (χ2n) is 7.43. The van der Waals surface area contributed by atoms with Gasteiger partial charge in [0.2, 0.25) is 0 Å². The van der Waals surface area contributed by atoms with Crippen LogP contribution in [0.2, 0.25) is 0 Å². The van der Waals surface area contributed by atoms with Crippen molar-refractivity contribution < 1.29 is 4.42 Å². The Morgan fingerprint density at radius 3 is 2.67 bits per heavy atom. The molecule has 150 valence electrons. The first kappa shape index (κ1) is 18.8. The third-order valence-corrected chi connectivity index (χ3v) is 5.78. The highest BCUT2D eigenvalue weighted by molar-refractivity contribution is 7.09. The first-order valence-electron chi connectivity index (χ1n) is 9.91. The monoisotopic (exact) mass is 414 g/mol. The molecule has 3 heterocycles. The molecule has 0 aliphatic rings. The quantitative estimate of drug-likeness (QED) is 0.356. The van der Waals surface area contributed by atoms with Crippen LogP contribution in [0.4, 0.5) is 0 Å². The van der Waals surface area contributed by atoms with Crippen molar-refractivity contribution in [3.05, 3.63) is 94.6 Å². The summed E-state index contributed by atoms with van der Waals surface area (Å²) in [4.78, 5) is 6.66. The van der Waals surface area contributed by atoms with E-state index in [2.05, 4.69) is 59.5 Å². The van der Waals surface area contributed by atoms with E-state index >= 15 is 0 Å². The molecule has 0 fully saturated rings. The number of hydrogen-bond donors (Lipinski definition) is 0. The van der Waals surface area contributed by atoms with Gasteiger partial charge in [-0.25, -0.2) is 4.98 Å². The van der Waals surface area contributed by atoms with Crippen molar-refractivity contribution in [1.82, 2.24) is 19.7 Å². The van der Waals surface area contributed by atoms with Gasteiger partial charge in [-0.05, 0) is 24.7 Å². The zero-order valence-electron chi connectivity index (χ0n) is 16.7. The molecule has 0 N–H and O–H groups in total. The standard InChI is InChI=1S/C24H22N4OS/c1-27(17-23-25-11-12-30-23)15-20-16-28(14-18-7-3-2-4-8-18)26-24(20)22-13-19-9-5-6-10-21(19)29-22/h2-13,16H,14-15,17H2,1H3. The predicted molar refractivity (Wildman–Crippen MR) is 120 cm³/mol. The topological polar surface area (TPSA) is 47.1 Å². The highest BCUT2D eigenvalue weighted by Crippen LogP contribution is 2.30. The summed E-state index contributed by atoms with van der Waals surface area (Å²) < 4.78 is 8.15. The van der Waals surface area contributed by atoms with E-state index in [1.807, 2.05) is 40.5 Å². The molecule has 0 aliphatic heterocycles. The Labute approximate surface area is 179 Å². The average molecular weight is 415 g/mol. The maximum atomic E-state index is 6.14. The van der Waals surface area contributed by atoms with Crippen molar-refractivity contribution in [2.45, 2.75) is 19.6 Å². The van der Waals surface area contributed by atoms with Crippen LogP contribution in [0.5, 0.6) is 0 Å². The first-order valence-corrected chi connectivity index (χ1v) is 10.8. The van der Waals surface area contributed by atoms with Crippen LogP contribution in [0.3, 0.4) is 0 Å². The summed E-state index contributed by atoms with van der Waals surface area (Å²) in [6, 6.07) is 20.5. The van der Waals surface area contributed by atoms with E-state index in [4.69, 9.17) is 9.52 Å². The van der Waals surface area contributed by atoms with Crippen molar-refractivity contribution in [2.24, 2.45) is 0 Å². The van der Waals surface area contributed by atoms with Crippen LogP contribution in [0.25, 0.3) is 22.4 Å². The normalized spacial score (nSPS) is 11.5. The van der Waals surface area contributed by atoms with E-state index in [9.17, 15) is 0 Å². The summed E-state index contributed by atoms with van der Waals surface area (Å²) in [7, 11) is 2.11. The molecular formula is C24H22N4OS. The van der Waals surface area contributed by atoms with Crippen LogP contribution < -0.4 is 0 Å². The van der Waals surface area contributed by atoms with E-state index < -0.39 is 0 Å². The van der Waals surface area contributed by atoms with Crippen molar-refractivity contribution in [3.63, 3.8) is 0 Å². The zero-order valence-corrected chi connectivity index (χ0v) is 17.5. The van der Waals surface area contributed by atoms with Gasteiger partial charge < -0.3 is 4.42 Å². The second kappa shape index (κ2) is 8.26. The minimum atomic E-state index is 0.726. The third-order valence-electron chi connectivity index (χ3n) is 5.01. The number of aromatic nitrogens is 3. The molecule has 6 heteroatoms. The van der Waals surface area contributed by atoms with Gasteiger partial charge in [0.05, 0.1) is 13.1 Å². The SMILES string of the molecule is CN(Cc1nccs1)Cc1cn(Cc2ccccc2)nc1-c1cc2ccccc2o1. The summed E-state index contributed by atoms with van der Waals surface area (Å²) in [6.45, 7) is 2.30. The van der Waals surface area contributed by atoms with Crippen molar-refractivity contribution in [3.8, 4) is 11.5 Å². The van der Waals surface area contributed by atoms with Gasteiger partial charge >= 0.3 is 0 Å². The van der Waals surface area contributed by atoms with Gasteiger partial charge in [-0.3, -0.25) is 9.58 Å². The number of nitrogens with zero attached hydrogens (tertiary/aromatic N) is 4. The second-order valence-corrected chi connectivity index (χ2v) is 8.41. The number of para-hydroxylation sites is 1. The number of furan rings is 1. The average Bonchev–Trinajstić information content (AvgIpc) is 3.48. The lowest BCUT2D eigenvalue weighted by atomic mass is 10.2. The molecule has 0 atom stereocenters. The lowest BCUT2D eigenvalue weighted by Crippen LogP contribution is -2.17. The van der Waals surface area contributed by atoms with Gasteiger partial charge in [-0.15, -0.1) is 11.3 Å². The van der Waals surface area contributed by atoms with Crippen LogP contribution >= 0.6 is 11.3 Å². The molecule has 0 radical (unpaired) electrons. The summed E-state index contributed by atoms with van der Waals surface area (Å²) in [5.41, 5.74) is 4.14. The maximum absolute atomic E-state index is 6.14. The van der Waals surface area contributed by atoms with Crippen LogP contribution in [0.15, 0.2) is 82.9 Å². The number of thiazole rings is 1. The predicted octanol–water partition coefficient (Wildman–Crippen LogP) is 5.43. The van der Waals surface area contributed by atoms with Gasteiger partial charge in [0.1, 0.15) is 16.3 Å². The Morgan fingerprint density at radius 1 is 1.03 bits per heavy atom. The smallest absolute Gasteiger partial charge is 0.156 e. The van der Waals surface area contributed by atoms with Crippen LogP contribution in [-0.4, -0.2) is 26.7 Å². The lowest BCUT2D eigenvalue weighted by molar-refractivity contribution is 0.318. The fraction of sp³-hybridized carbons (Fsp3) is 0.167. The summed E-state index contributed by atoms with van der Waals surface area (Å²) in [5.74, 6) is 0.806. The maximum Gasteiger partial charge on any atom is 0.156 e. The van der Waals surface area contributed by atoms with Gasteiger partial charge in [0, 0.05) is 35.3 Å². The minimum Gasteiger partial charge on any atom is -0.454 e. The van der Waals surface area contributed by atoms with Crippen LogP contribution in [-0.2, 0) is 19.6 Å². The third kappa shape index (κ3) is 4.06. The zero-order chi connectivity index (χ0) is 20.3.